The van der Waals surface area contributed by atoms with E-state index in [0.717, 1.165) is 22.8 Å². The summed E-state index contributed by atoms with van der Waals surface area (Å²) < 4.78 is 0. The summed E-state index contributed by atoms with van der Waals surface area (Å²) in [6, 6.07) is 5.51. The minimum absolute atomic E-state index is 0.605. The molecule has 3 heteroatoms. The van der Waals surface area contributed by atoms with E-state index >= 15 is 0 Å². The molecule has 0 radical (unpaired) electrons. The van der Waals surface area contributed by atoms with Crippen molar-refractivity contribution in [1.29, 1.82) is 0 Å². The van der Waals surface area contributed by atoms with Gasteiger partial charge in [-0.3, -0.25) is 0 Å². The van der Waals surface area contributed by atoms with Gasteiger partial charge >= 0.3 is 0 Å². The van der Waals surface area contributed by atoms with Crippen molar-refractivity contribution in [2.24, 2.45) is 0 Å². The van der Waals surface area contributed by atoms with Crippen molar-refractivity contribution in [2.75, 3.05) is 6.61 Å². The fourth-order valence-corrected chi connectivity index (χ4v) is 1.28. The van der Waals surface area contributed by atoms with Crippen LogP contribution in [0.4, 0.5) is 0 Å². The maximum Gasteiger partial charge on any atom is 0.168 e. The van der Waals surface area contributed by atoms with Crippen LogP contribution in [0.3, 0.4) is 0 Å². The van der Waals surface area contributed by atoms with Gasteiger partial charge in [-0.2, -0.15) is 4.89 Å². The maximum atomic E-state index is 5.78. The Morgan fingerprint density at radius 3 is 3.18 bits per heavy atom. The summed E-state index contributed by atoms with van der Waals surface area (Å²) in [6.45, 7) is 0.605. The molecule has 0 aromatic heterocycles. The zero-order valence-corrected chi connectivity index (χ0v) is 6.60. The average molecular weight is 171 g/mol. The minimum Gasteiger partial charge on any atom is -0.337 e. The number of benzene rings is 1. The van der Waals surface area contributed by atoms with Gasteiger partial charge in [0.15, 0.2) is 5.75 Å². The molecule has 58 valence electrons. The zero-order valence-electron chi connectivity index (χ0n) is 5.84. The summed E-state index contributed by atoms with van der Waals surface area (Å²) in [7, 11) is 0. The highest BCUT2D eigenvalue weighted by Gasteiger charge is 2.10. The van der Waals surface area contributed by atoms with Crippen molar-refractivity contribution in [1.82, 2.24) is 0 Å². The molecule has 1 aromatic rings. The molecule has 1 aliphatic heterocycles. The van der Waals surface area contributed by atoms with Crippen LogP contribution in [0, 0.1) is 0 Å². The van der Waals surface area contributed by atoms with E-state index in [-0.39, 0.29) is 0 Å². The summed E-state index contributed by atoms with van der Waals surface area (Å²) in [4.78, 5) is 9.71. The summed E-state index contributed by atoms with van der Waals surface area (Å²) in [6.07, 6.45) is 0.871. The Bertz CT molecular complexity index is 273. The molecule has 0 aliphatic carbocycles. The molecule has 0 bridgehead atoms. The lowest BCUT2D eigenvalue weighted by Crippen LogP contribution is -2.10. The molecule has 0 spiro atoms. The molecule has 0 amide bonds. The number of hydrogen-bond acceptors (Lipinski definition) is 2. The van der Waals surface area contributed by atoms with E-state index < -0.39 is 0 Å². The Balaban J connectivity index is 2.43. The third kappa shape index (κ3) is 1.32. The van der Waals surface area contributed by atoms with E-state index in [0.29, 0.717) is 6.61 Å². The normalized spacial score (nSPS) is 15.4. The largest absolute Gasteiger partial charge is 0.337 e. The molecule has 0 fully saturated rings. The Morgan fingerprint density at radius 2 is 2.27 bits per heavy atom. The number of halogens is 1. The Kier molecular flexibility index (Phi) is 1.72. The first kappa shape index (κ1) is 6.95. The molecule has 0 saturated heterocycles. The fraction of sp³-hybridized carbons (Fsp3) is 0.250. The third-order valence-electron chi connectivity index (χ3n) is 1.63. The van der Waals surface area contributed by atoms with Gasteiger partial charge in [0.25, 0.3) is 0 Å². The number of rotatable bonds is 0. The van der Waals surface area contributed by atoms with Gasteiger partial charge in [-0.25, -0.2) is 0 Å². The van der Waals surface area contributed by atoms with Gasteiger partial charge in [-0.05, 0) is 18.2 Å². The number of fused-ring (bicyclic) bond motifs is 1. The van der Waals surface area contributed by atoms with Gasteiger partial charge in [0.05, 0.1) is 6.61 Å². The smallest absolute Gasteiger partial charge is 0.168 e. The summed E-state index contributed by atoms with van der Waals surface area (Å²) in [5, 5.41) is 0.745. The van der Waals surface area contributed by atoms with Crippen molar-refractivity contribution >= 4 is 11.6 Å². The average Bonchev–Trinajstić information content (AvgIpc) is 2.04. The van der Waals surface area contributed by atoms with Gasteiger partial charge < -0.3 is 4.89 Å². The van der Waals surface area contributed by atoms with Crippen LogP contribution in [0.25, 0.3) is 0 Å². The van der Waals surface area contributed by atoms with E-state index in [1.807, 2.05) is 12.1 Å². The monoisotopic (exact) mass is 170 g/mol. The summed E-state index contributed by atoms with van der Waals surface area (Å²) in [5.74, 6) is 0.778. The van der Waals surface area contributed by atoms with E-state index in [4.69, 9.17) is 21.4 Å². The molecule has 0 saturated carbocycles. The van der Waals surface area contributed by atoms with Crippen molar-refractivity contribution in [3.05, 3.63) is 28.8 Å². The van der Waals surface area contributed by atoms with Crippen LogP contribution in [0.5, 0.6) is 5.75 Å². The second kappa shape index (κ2) is 2.72. The highest BCUT2D eigenvalue weighted by Crippen LogP contribution is 2.25. The van der Waals surface area contributed by atoms with Crippen molar-refractivity contribution in [3.8, 4) is 5.75 Å². The third-order valence-corrected chi connectivity index (χ3v) is 1.86. The zero-order chi connectivity index (χ0) is 7.68. The molecule has 1 aliphatic rings. The van der Waals surface area contributed by atoms with Gasteiger partial charge in [-0.1, -0.05) is 11.6 Å². The Hall–Kier alpha value is -0.730. The minimum atomic E-state index is 0.605. The van der Waals surface area contributed by atoms with Crippen LogP contribution in [0.1, 0.15) is 5.56 Å². The molecule has 0 unspecified atom stereocenters. The highest BCUT2D eigenvalue weighted by molar-refractivity contribution is 6.30. The lowest BCUT2D eigenvalue weighted by atomic mass is 10.1. The maximum absolute atomic E-state index is 5.78. The van der Waals surface area contributed by atoms with Crippen LogP contribution < -0.4 is 4.89 Å². The SMILES string of the molecule is Clc1ccc2c(c1)CCOO2. The molecule has 1 aromatic carbocycles. The molecule has 2 rings (SSSR count). The molecular weight excluding hydrogens is 164 g/mol. The lowest BCUT2D eigenvalue weighted by molar-refractivity contribution is -0.215. The summed E-state index contributed by atoms with van der Waals surface area (Å²) >= 11 is 5.78. The standard InChI is InChI=1S/C8H7ClO2/c9-7-1-2-8-6(5-7)3-4-10-11-8/h1-2,5H,3-4H2. The van der Waals surface area contributed by atoms with E-state index in [9.17, 15) is 0 Å². The molecule has 2 nitrogen and oxygen atoms in total. The molecule has 0 atom stereocenters. The first-order valence-corrected chi connectivity index (χ1v) is 3.82. The van der Waals surface area contributed by atoms with Crippen LogP contribution in [-0.2, 0) is 11.3 Å². The Morgan fingerprint density at radius 1 is 1.36 bits per heavy atom. The van der Waals surface area contributed by atoms with Gasteiger partial charge in [0, 0.05) is 17.0 Å². The van der Waals surface area contributed by atoms with Crippen molar-refractivity contribution in [3.63, 3.8) is 0 Å². The first-order chi connectivity index (χ1) is 5.36. The van der Waals surface area contributed by atoms with Crippen molar-refractivity contribution < 1.29 is 9.78 Å². The van der Waals surface area contributed by atoms with E-state index in [1.54, 1.807) is 6.07 Å². The second-order valence-electron chi connectivity index (χ2n) is 2.41. The summed E-state index contributed by atoms with van der Waals surface area (Å²) in [5.41, 5.74) is 1.11. The molecular formula is C8H7ClO2. The van der Waals surface area contributed by atoms with Crippen LogP contribution in [-0.4, -0.2) is 6.61 Å². The first-order valence-electron chi connectivity index (χ1n) is 3.44. The molecule has 11 heavy (non-hydrogen) atoms. The fourth-order valence-electron chi connectivity index (χ4n) is 1.08. The van der Waals surface area contributed by atoms with Gasteiger partial charge in [0.1, 0.15) is 0 Å². The van der Waals surface area contributed by atoms with Crippen LogP contribution in [0.2, 0.25) is 5.02 Å². The van der Waals surface area contributed by atoms with Crippen molar-refractivity contribution in [2.45, 2.75) is 6.42 Å². The van der Waals surface area contributed by atoms with E-state index in [1.165, 1.54) is 0 Å². The predicted octanol–water partition coefficient (Wildman–Crippen LogP) is 2.21. The quantitative estimate of drug-likeness (QED) is 0.556. The molecule has 0 N–H and O–H groups in total. The number of hydrogen-bond donors (Lipinski definition) is 0. The van der Waals surface area contributed by atoms with E-state index in [2.05, 4.69) is 0 Å². The van der Waals surface area contributed by atoms with Gasteiger partial charge in [0.2, 0.25) is 0 Å². The topological polar surface area (TPSA) is 18.5 Å². The molecule has 1 heterocycles. The lowest BCUT2D eigenvalue weighted by Gasteiger charge is -2.14. The second-order valence-corrected chi connectivity index (χ2v) is 2.84. The Labute approximate surface area is 69.6 Å². The predicted molar refractivity (Wildman–Crippen MR) is 41.7 cm³/mol. The van der Waals surface area contributed by atoms with Gasteiger partial charge in [-0.15, -0.1) is 0 Å². The van der Waals surface area contributed by atoms with Crippen LogP contribution in [0.15, 0.2) is 18.2 Å². The highest BCUT2D eigenvalue weighted by atomic mass is 35.5. The van der Waals surface area contributed by atoms with Crippen LogP contribution >= 0.6 is 11.6 Å².